The summed E-state index contributed by atoms with van der Waals surface area (Å²) in [6, 6.07) is 1.98. The van der Waals surface area contributed by atoms with Crippen molar-refractivity contribution >= 4 is 16.9 Å². The smallest absolute Gasteiger partial charge is 0.254 e. The van der Waals surface area contributed by atoms with Crippen LogP contribution in [0.15, 0.2) is 12.3 Å². The molecule has 1 amide bonds. The van der Waals surface area contributed by atoms with E-state index in [-0.39, 0.29) is 11.9 Å². The van der Waals surface area contributed by atoms with E-state index in [1.807, 2.05) is 25.5 Å². The molecule has 0 aliphatic rings. The summed E-state index contributed by atoms with van der Waals surface area (Å²) in [5, 5.41) is 14.5. The minimum absolute atomic E-state index is 0.0699. The number of aryl methyl sites for hydroxylation is 1. The number of hydrogen-bond acceptors (Lipinski definition) is 4. The Hall–Kier alpha value is -1.95. The van der Waals surface area contributed by atoms with Crippen molar-refractivity contribution in [2.45, 2.75) is 46.3 Å². The van der Waals surface area contributed by atoms with Gasteiger partial charge >= 0.3 is 0 Å². The molecule has 1 unspecified atom stereocenters. The van der Waals surface area contributed by atoms with Crippen LogP contribution >= 0.6 is 0 Å². The Bertz CT molecular complexity index is 676. The lowest BCUT2D eigenvalue weighted by Gasteiger charge is -2.18. The van der Waals surface area contributed by atoms with Gasteiger partial charge in [-0.25, -0.2) is 9.67 Å². The van der Waals surface area contributed by atoms with Crippen molar-refractivity contribution in [2.24, 2.45) is 0 Å². The van der Waals surface area contributed by atoms with Crippen LogP contribution in [-0.4, -0.2) is 50.4 Å². The van der Waals surface area contributed by atoms with Gasteiger partial charge in [0.15, 0.2) is 5.65 Å². The lowest BCUT2D eigenvalue weighted by molar-refractivity contribution is 0.0770. The first-order chi connectivity index (χ1) is 10.3. The van der Waals surface area contributed by atoms with E-state index in [4.69, 9.17) is 0 Å². The third-order valence-corrected chi connectivity index (χ3v) is 3.64. The monoisotopic (exact) mass is 304 g/mol. The Morgan fingerprint density at radius 1 is 1.41 bits per heavy atom. The van der Waals surface area contributed by atoms with Crippen molar-refractivity contribution in [3.05, 3.63) is 23.5 Å². The third kappa shape index (κ3) is 3.27. The lowest BCUT2D eigenvalue weighted by atomic mass is 10.1. The molecule has 1 atom stereocenters. The first-order valence-electron chi connectivity index (χ1n) is 7.59. The van der Waals surface area contributed by atoms with Crippen LogP contribution in [0.3, 0.4) is 0 Å². The normalized spacial score (nSPS) is 12.9. The van der Waals surface area contributed by atoms with Gasteiger partial charge in [-0.2, -0.15) is 5.10 Å². The summed E-state index contributed by atoms with van der Waals surface area (Å²) in [4.78, 5) is 18.8. The van der Waals surface area contributed by atoms with Crippen molar-refractivity contribution in [3.63, 3.8) is 0 Å². The second kappa shape index (κ2) is 6.44. The van der Waals surface area contributed by atoms with Gasteiger partial charge in [-0.3, -0.25) is 4.79 Å². The van der Waals surface area contributed by atoms with Crippen LogP contribution in [0.5, 0.6) is 0 Å². The molecular formula is C16H24N4O2. The van der Waals surface area contributed by atoms with Gasteiger partial charge < -0.3 is 10.0 Å². The highest BCUT2D eigenvalue weighted by atomic mass is 16.3. The second-order valence-corrected chi connectivity index (χ2v) is 6.10. The van der Waals surface area contributed by atoms with E-state index in [0.29, 0.717) is 18.5 Å². The van der Waals surface area contributed by atoms with Crippen molar-refractivity contribution in [1.29, 1.82) is 0 Å². The fourth-order valence-corrected chi connectivity index (χ4v) is 2.39. The molecule has 0 aromatic carbocycles. The molecule has 0 aliphatic heterocycles. The summed E-state index contributed by atoms with van der Waals surface area (Å²) >= 11 is 0. The maximum atomic E-state index is 12.7. The summed E-state index contributed by atoms with van der Waals surface area (Å²) in [5.74, 6) is -0.0699. The Labute approximate surface area is 130 Å². The molecule has 2 aromatic rings. The van der Waals surface area contributed by atoms with Crippen molar-refractivity contribution in [1.82, 2.24) is 19.7 Å². The van der Waals surface area contributed by atoms with E-state index in [0.717, 1.165) is 16.7 Å². The average molecular weight is 304 g/mol. The molecule has 2 rings (SSSR count). The fraction of sp³-hybridized carbons (Fsp3) is 0.562. The molecule has 2 aromatic heterocycles. The van der Waals surface area contributed by atoms with Crippen molar-refractivity contribution < 1.29 is 9.90 Å². The van der Waals surface area contributed by atoms with Crippen LogP contribution < -0.4 is 0 Å². The number of rotatable bonds is 5. The summed E-state index contributed by atoms with van der Waals surface area (Å²) in [7, 11) is 1.75. The lowest BCUT2D eigenvalue weighted by Crippen LogP contribution is -2.29. The fourth-order valence-electron chi connectivity index (χ4n) is 2.39. The molecule has 1 N–H and O–H groups in total. The van der Waals surface area contributed by atoms with Crippen molar-refractivity contribution in [2.75, 3.05) is 13.6 Å². The van der Waals surface area contributed by atoms with E-state index in [2.05, 4.69) is 10.1 Å². The highest BCUT2D eigenvalue weighted by Gasteiger charge is 2.19. The topological polar surface area (TPSA) is 71.2 Å². The van der Waals surface area contributed by atoms with E-state index in [1.165, 1.54) is 0 Å². The molecular weight excluding hydrogens is 280 g/mol. The predicted octanol–water partition coefficient (Wildman–Crippen LogP) is 2.16. The summed E-state index contributed by atoms with van der Waals surface area (Å²) in [5.41, 5.74) is 2.15. The van der Waals surface area contributed by atoms with Gasteiger partial charge in [0.1, 0.15) is 0 Å². The highest BCUT2D eigenvalue weighted by Crippen LogP contribution is 2.22. The predicted molar refractivity (Wildman–Crippen MR) is 85.9 cm³/mol. The molecule has 0 fully saturated rings. The zero-order chi connectivity index (χ0) is 16.4. The Balaban J connectivity index is 2.40. The Kier molecular flexibility index (Phi) is 4.81. The molecule has 0 saturated carbocycles. The summed E-state index contributed by atoms with van der Waals surface area (Å²) < 4.78 is 1.83. The van der Waals surface area contributed by atoms with Gasteiger partial charge in [0.25, 0.3) is 5.91 Å². The largest absolute Gasteiger partial charge is 0.393 e. The van der Waals surface area contributed by atoms with Crippen LogP contribution in [0.2, 0.25) is 0 Å². The van der Waals surface area contributed by atoms with Gasteiger partial charge in [0.05, 0.1) is 23.3 Å². The molecule has 120 valence electrons. The van der Waals surface area contributed by atoms with E-state index < -0.39 is 6.10 Å². The molecule has 0 saturated heterocycles. The number of fused-ring (bicyclic) bond motifs is 1. The molecule has 0 aliphatic carbocycles. The zero-order valence-electron chi connectivity index (χ0n) is 13.9. The zero-order valence-corrected chi connectivity index (χ0v) is 13.9. The minimum atomic E-state index is -0.418. The molecule has 22 heavy (non-hydrogen) atoms. The number of hydrogen-bond donors (Lipinski definition) is 1. The highest BCUT2D eigenvalue weighted by molar-refractivity contribution is 6.05. The summed E-state index contributed by atoms with van der Waals surface area (Å²) in [6.07, 6.45) is 1.84. The first kappa shape index (κ1) is 16.4. The van der Waals surface area contributed by atoms with Gasteiger partial charge in [-0.1, -0.05) is 0 Å². The van der Waals surface area contributed by atoms with Crippen LogP contribution in [0, 0.1) is 6.92 Å². The van der Waals surface area contributed by atoms with Crippen LogP contribution in [0.25, 0.3) is 11.0 Å². The molecule has 0 radical (unpaired) electrons. The maximum Gasteiger partial charge on any atom is 0.254 e. The van der Waals surface area contributed by atoms with Gasteiger partial charge in [-0.05, 0) is 40.2 Å². The maximum absolute atomic E-state index is 12.7. The van der Waals surface area contributed by atoms with Gasteiger partial charge in [-0.15, -0.1) is 0 Å². The van der Waals surface area contributed by atoms with Gasteiger partial charge in [0.2, 0.25) is 0 Å². The Morgan fingerprint density at radius 2 is 2.09 bits per heavy atom. The molecule has 6 heteroatoms. The van der Waals surface area contributed by atoms with Crippen LogP contribution in [0.4, 0.5) is 0 Å². The quantitative estimate of drug-likeness (QED) is 0.919. The van der Waals surface area contributed by atoms with Gasteiger partial charge in [0, 0.05) is 25.3 Å². The molecule has 0 spiro atoms. The number of aliphatic hydroxyl groups is 1. The summed E-state index contributed by atoms with van der Waals surface area (Å²) in [6.45, 7) is 8.18. The average Bonchev–Trinajstić information content (AvgIpc) is 2.86. The number of carbonyl (C=O) groups is 1. The number of carbonyl (C=O) groups excluding carboxylic acids is 1. The number of nitrogens with zero attached hydrogens (tertiary/aromatic N) is 4. The second-order valence-electron chi connectivity index (χ2n) is 6.10. The standard InChI is InChI=1S/C16H24N4O2/c1-10(2)20-15-14(9-17-20)13(8-11(3)18-15)16(22)19(5)7-6-12(4)21/h8-10,12,21H,6-7H2,1-5H3. The minimum Gasteiger partial charge on any atom is -0.393 e. The molecule has 6 nitrogen and oxygen atoms in total. The first-order valence-corrected chi connectivity index (χ1v) is 7.59. The number of amides is 1. The number of pyridine rings is 1. The van der Waals surface area contributed by atoms with Crippen molar-refractivity contribution in [3.8, 4) is 0 Å². The Morgan fingerprint density at radius 3 is 2.68 bits per heavy atom. The number of aromatic nitrogens is 3. The van der Waals surface area contributed by atoms with Crippen LogP contribution in [0.1, 0.15) is 49.3 Å². The van der Waals surface area contributed by atoms with E-state index >= 15 is 0 Å². The SMILES string of the molecule is Cc1cc(C(=O)N(C)CCC(C)O)c2cnn(C(C)C)c2n1. The number of aliphatic hydroxyl groups excluding tert-OH is 1. The van der Waals surface area contributed by atoms with E-state index in [9.17, 15) is 9.90 Å². The molecule has 0 bridgehead atoms. The molecule has 2 heterocycles. The third-order valence-electron chi connectivity index (χ3n) is 3.64. The van der Waals surface area contributed by atoms with Crippen LogP contribution in [-0.2, 0) is 0 Å². The van der Waals surface area contributed by atoms with E-state index in [1.54, 1.807) is 31.1 Å².